The van der Waals surface area contributed by atoms with Gasteiger partial charge in [0.1, 0.15) is 11.5 Å². The Hall–Kier alpha value is -3.20. The van der Waals surface area contributed by atoms with Crippen LogP contribution in [0.2, 0.25) is 10.0 Å². The third kappa shape index (κ3) is 4.06. The number of hydrogen-bond acceptors (Lipinski definition) is 6. The Bertz CT molecular complexity index is 1310. The number of non-ortho nitro benzene ring substituents is 1. The van der Waals surface area contributed by atoms with Gasteiger partial charge in [-0.1, -0.05) is 29.3 Å². The summed E-state index contributed by atoms with van der Waals surface area (Å²) in [6.45, 7) is 0. The van der Waals surface area contributed by atoms with Gasteiger partial charge in [-0.25, -0.2) is 5.43 Å². The highest BCUT2D eigenvalue weighted by molar-refractivity contribution is 7.20. The van der Waals surface area contributed by atoms with Gasteiger partial charge in [-0.3, -0.25) is 14.9 Å². The molecule has 150 valence electrons. The van der Waals surface area contributed by atoms with Gasteiger partial charge in [0.2, 0.25) is 0 Å². The average molecular weight is 460 g/mol. The highest BCUT2D eigenvalue weighted by Crippen LogP contribution is 2.34. The minimum atomic E-state index is -0.477. The van der Waals surface area contributed by atoms with Crippen LogP contribution < -0.4 is 5.43 Å². The molecule has 7 nitrogen and oxygen atoms in total. The van der Waals surface area contributed by atoms with E-state index in [-0.39, 0.29) is 5.69 Å². The number of furan rings is 1. The fourth-order valence-corrected chi connectivity index (χ4v) is 4.05. The first-order valence-corrected chi connectivity index (χ1v) is 10.1. The zero-order chi connectivity index (χ0) is 21.3. The summed E-state index contributed by atoms with van der Waals surface area (Å²) >= 11 is 13.4. The van der Waals surface area contributed by atoms with Crippen LogP contribution in [0, 0.1) is 10.1 Å². The van der Waals surface area contributed by atoms with E-state index in [1.165, 1.54) is 29.7 Å². The van der Waals surface area contributed by atoms with E-state index < -0.39 is 10.8 Å². The fourth-order valence-electron chi connectivity index (χ4n) is 2.73. The van der Waals surface area contributed by atoms with Crippen molar-refractivity contribution in [2.24, 2.45) is 5.10 Å². The van der Waals surface area contributed by atoms with Gasteiger partial charge in [-0.2, -0.15) is 5.10 Å². The predicted octanol–water partition coefficient (Wildman–Crippen LogP) is 6.14. The molecule has 30 heavy (non-hydrogen) atoms. The molecule has 0 aliphatic carbocycles. The zero-order valence-corrected chi connectivity index (χ0v) is 17.3. The number of hydrogen-bond donors (Lipinski definition) is 1. The van der Waals surface area contributed by atoms with Crippen molar-refractivity contribution >= 4 is 62.4 Å². The van der Waals surface area contributed by atoms with Gasteiger partial charge >= 0.3 is 0 Å². The average Bonchev–Trinajstić information content (AvgIpc) is 3.36. The number of hydrazone groups is 1. The number of amides is 1. The molecule has 2 aromatic heterocycles. The summed E-state index contributed by atoms with van der Waals surface area (Å²) in [5, 5.41) is 16.2. The van der Waals surface area contributed by atoms with E-state index in [1.54, 1.807) is 42.5 Å². The Balaban J connectivity index is 1.46. The summed E-state index contributed by atoms with van der Waals surface area (Å²) < 4.78 is 6.44. The van der Waals surface area contributed by atoms with Crippen molar-refractivity contribution in [3.05, 3.63) is 85.4 Å². The first-order valence-electron chi connectivity index (χ1n) is 8.48. The van der Waals surface area contributed by atoms with Crippen LogP contribution in [0.5, 0.6) is 0 Å². The minimum Gasteiger partial charge on any atom is -0.455 e. The van der Waals surface area contributed by atoms with Gasteiger partial charge in [0.25, 0.3) is 11.6 Å². The Kier molecular flexibility index (Phi) is 5.54. The molecule has 0 unspecified atom stereocenters. The zero-order valence-electron chi connectivity index (χ0n) is 15.0. The van der Waals surface area contributed by atoms with Crippen molar-refractivity contribution in [1.29, 1.82) is 0 Å². The number of carbonyl (C=O) groups excluding carboxylic acids is 1. The van der Waals surface area contributed by atoms with E-state index in [0.717, 1.165) is 4.70 Å². The molecule has 4 aromatic rings. The molecule has 1 N–H and O–H groups in total. The molecule has 4 rings (SSSR count). The number of nitro groups is 1. The van der Waals surface area contributed by atoms with Gasteiger partial charge in [0.15, 0.2) is 0 Å². The van der Waals surface area contributed by atoms with E-state index in [9.17, 15) is 14.9 Å². The van der Waals surface area contributed by atoms with Gasteiger partial charge in [0.05, 0.1) is 26.1 Å². The van der Waals surface area contributed by atoms with Crippen LogP contribution >= 0.6 is 34.5 Å². The number of nitrogens with zero attached hydrogens (tertiary/aromatic N) is 2. The van der Waals surface area contributed by atoms with E-state index in [0.29, 0.717) is 37.4 Å². The molecule has 0 bridgehead atoms. The Morgan fingerprint density at radius 2 is 2.00 bits per heavy atom. The normalized spacial score (nSPS) is 11.3. The third-order valence-electron chi connectivity index (χ3n) is 4.14. The fraction of sp³-hybridized carbons (Fsp3) is 0. The van der Waals surface area contributed by atoms with Gasteiger partial charge < -0.3 is 4.42 Å². The molecule has 1 amide bonds. The molecule has 0 saturated heterocycles. The van der Waals surface area contributed by atoms with E-state index in [2.05, 4.69) is 10.5 Å². The lowest BCUT2D eigenvalue weighted by Gasteiger charge is -2.01. The van der Waals surface area contributed by atoms with Crippen LogP contribution in [-0.2, 0) is 0 Å². The van der Waals surface area contributed by atoms with Crippen molar-refractivity contribution < 1.29 is 14.1 Å². The lowest BCUT2D eigenvalue weighted by molar-refractivity contribution is -0.384. The maximum Gasteiger partial charge on any atom is 0.281 e. The van der Waals surface area contributed by atoms with E-state index in [4.69, 9.17) is 27.6 Å². The lowest BCUT2D eigenvalue weighted by atomic mass is 10.2. The molecule has 2 aromatic carbocycles. The smallest absolute Gasteiger partial charge is 0.281 e. The largest absolute Gasteiger partial charge is 0.455 e. The van der Waals surface area contributed by atoms with E-state index in [1.807, 2.05) is 0 Å². The summed E-state index contributed by atoms with van der Waals surface area (Å²) in [6.07, 6.45) is 1.36. The first-order chi connectivity index (χ1) is 14.4. The van der Waals surface area contributed by atoms with Gasteiger partial charge in [-0.15, -0.1) is 11.3 Å². The highest BCUT2D eigenvalue weighted by Gasteiger charge is 2.13. The summed E-state index contributed by atoms with van der Waals surface area (Å²) in [5.74, 6) is 0.495. The minimum absolute atomic E-state index is 0.0290. The molecule has 2 heterocycles. The van der Waals surface area contributed by atoms with Crippen LogP contribution in [0.4, 0.5) is 5.69 Å². The van der Waals surface area contributed by atoms with Crippen molar-refractivity contribution in [3.63, 3.8) is 0 Å². The number of benzene rings is 2. The molecular weight excluding hydrogens is 449 g/mol. The summed E-state index contributed by atoms with van der Waals surface area (Å²) in [6, 6.07) is 14.7. The van der Waals surface area contributed by atoms with Crippen LogP contribution in [0.15, 0.2) is 64.1 Å². The second-order valence-electron chi connectivity index (χ2n) is 6.09. The number of halogens is 2. The van der Waals surface area contributed by atoms with Crippen LogP contribution in [0.1, 0.15) is 15.4 Å². The number of nitrogens with one attached hydrogen (secondary N) is 1. The molecular formula is C20H11Cl2N3O4S. The maximum atomic E-state index is 12.3. The third-order valence-corrected chi connectivity index (χ3v) is 6.07. The standard InChI is InChI=1S/C20H11Cl2N3O4S/c21-15-3-1-2-14(19(15)22)16-6-5-13(29-16)10-23-24-20(26)18-9-11-8-12(25(27)28)4-7-17(11)30-18/h1-10H,(H,24,26). The van der Waals surface area contributed by atoms with Crippen molar-refractivity contribution in [3.8, 4) is 11.3 Å². The Labute approximate surface area is 183 Å². The van der Waals surface area contributed by atoms with Crippen LogP contribution in [-0.4, -0.2) is 17.0 Å². The molecule has 0 radical (unpaired) electrons. The topological polar surface area (TPSA) is 97.7 Å². The number of rotatable bonds is 5. The van der Waals surface area contributed by atoms with Gasteiger partial charge in [0, 0.05) is 27.8 Å². The molecule has 0 spiro atoms. The van der Waals surface area contributed by atoms with Crippen LogP contribution in [0.3, 0.4) is 0 Å². The number of nitro benzene ring substituents is 1. The number of fused-ring (bicyclic) bond motifs is 1. The monoisotopic (exact) mass is 459 g/mol. The number of carbonyl (C=O) groups is 1. The quantitative estimate of drug-likeness (QED) is 0.220. The lowest BCUT2D eigenvalue weighted by Crippen LogP contribution is -2.15. The predicted molar refractivity (Wildman–Crippen MR) is 118 cm³/mol. The Morgan fingerprint density at radius 3 is 2.80 bits per heavy atom. The molecule has 0 fully saturated rings. The second-order valence-corrected chi connectivity index (χ2v) is 7.96. The highest BCUT2D eigenvalue weighted by atomic mass is 35.5. The van der Waals surface area contributed by atoms with Crippen molar-refractivity contribution in [2.75, 3.05) is 0 Å². The van der Waals surface area contributed by atoms with Crippen molar-refractivity contribution in [1.82, 2.24) is 5.43 Å². The molecule has 0 atom stereocenters. The van der Waals surface area contributed by atoms with Crippen LogP contribution in [0.25, 0.3) is 21.4 Å². The maximum absolute atomic E-state index is 12.3. The summed E-state index contributed by atoms with van der Waals surface area (Å²) in [4.78, 5) is 23.1. The van der Waals surface area contributed by atoms with Gasteiger partial charge in [-0.05, 0) is 36.4 Å². The SMILES string of the molecule is O=C(NN=Cc1ccc(-c2cccc(Cl)c2Cl)o1)c1cc2cc([N+](=O)[O-])ccc2s1. The molecule has 0 aliphatic heterocycles. The summed E-state index contributed by atoms with van der Waals surface area (Å²) in [5.41, 5.74) is 3.03. The Morgan fingerprint density at radius 1 is 1.17 bits per heavy atom. The molecule has 10 heteroatoms. The first kappa shape index (κ1) is 20.1. The molecule has 0 saturated carbocycles. The number of thiophene rings is 1. The summed E-state index contributed by atoms with van der Waals surface area (Å²) in [7, 11) is 0. The second kappa shape index (κ2) is 8.27. The van der Waals surface area contributed by atoms with E-state index >= 15 is 0 Å². The van der Waals surface area contributed by atoms with Crippen molar-refractivity contribution in [2.45, 2.75) is 0 Å². The molecule has 0 aliphatic rings.